The first-order valence-electron chi connectivity index (χ1n) is 8.91. The number of aryl methyl sites for hydroxylation is 3. The van der Waals surface area contributed by atoms with Crippen LogP contribution in [0.3, 0.4) is 0 Å². The van der Waals surface area contributed by atoms with Crippen molar-refractivity contribution in [2.45, 2.75) is 27.3 Å². The largest absolute Gasteiger partial charge is 0.399 e. The highest BCUT2D eigenvalue weighted by atomic mass is 15.1. The molecule has 0 saturated heterocycles. The van der Waals surface area contributed by atoms with E-state index in [0.717, 1.165) is 34.7 Å². The molecule has 0 fully saturated rings. The molecule has 3 nitrogen and oxygen atoms in total. The number of rotatable bonds is 3. The second kappa shape index (κ2) is 6.34. The maximum absolute atomic E-state index is 6.03. The zero-order valence-corrected chi connectivity index (χ0v) is 15.5. The molecule has 0 unspecified atom stereocenters. The Bertz CT molecular complexity index is 1110. The Morgan fingerprint density at radius 1 is 0.846 bits per heavy atom. The Kier molecular flexibility index (Phi) is 4.00. The van der Waals surface area contributed by atoms with E-state index in [0.29, 0.717) is 0 Å². The van der Waals surface area contributed by atoms with Gasteiger partial charge in [-0.05, 0) is 67.3 Å². The molecule has 3 heteroatoms. The lowest BCUT2D eigenvalue weighted by Crippen LogP contribution is -2.04. The van der Waals surface area contributed by atoms with Crippen LogP contribution in [0.5, 0.6) is 0 Å². The number of aromatic nitrogens is 2. The normalized spacial score (nSPS) is 11.2. The average Bonchev–Trinajstić information content (AvgIpc) is 2.95. The summed E-state index contributed by atoms with van der Waals surface area (Å²) in [5, 5.41) is 0. The standard InChI is InChI=1S/C23H23N3/c1-15-7-4-5-8-19(15)14-26-22-12-17(3)16(2)11-21(22)25-23(26)18-9-6-10-20(24)13-18/h4-13H,14,24H2,1-3H3. The van der Waals surface area contributed by atoms with E-state index in [2.05, 4.69) is 67.8 Å². The van der Waals surface area contributed by atoms with Crippen LogP contribution in [0, 0.1) is 20.8 Å². The smallest absolute Gasteiger partial charge is 0.141 e. The third-order valence-electron chi connectivity index (χ3n) is 5.10. The van der Waals surface area contributed by atoms with E-state index in [4.69, 9.17) is 10.7 Å². The van der Waals surface area contributed by atoms with Crippen LogP contribution < -0.4 is 5.73 Å². The first-order chi connectivity index (χ1) is 12.5. The van der Waals surface area contributed by atoms with Crippen molar-refractivity contribution in [2.24, 2.45) is 0 Å². The minimum Gasteiger partial charge on any atom is -0.399 e. The van der Waals surface area contributed by atoms with Crippen LogP contribution in [-0.2, 0) is 6.54 Å². The predicted molar refractivity (Wildman–Crippen MR) is 109 cm³/mol. The van der Waals surface area contributed by atoms with E-state index in [1.807, 2.05) is 18.2 Å². The number of fused-ring (bicyclic) bond motifs is 1. The van der Waals surface area contributed by atoms with Crippen molar-refractivity contribution in [3.05, 3.63) is 82.9 Å². The first-order valence-corrected chi connectivity index (χ1v) is 8.91. The molecule has 1 heterocycles. The molecule has 0 radical (unpaired) electrons. The van der Waals surface area contributed by atoms with Crippen LogP contribution in [0.25, 0.3) is 22.4 Å². The van der Waals surface area contributed by atoms with Crippen molar-refractivity contribution in [3.8, 4) is 11.4 Å². The van der Waals surface area contributed by atoms with Crippen LogP contribution in [0.15, 0.2) is 60.7 Å². The molecule has 3 aromatic carbocycles. The Morgan fingerprint density at radius 2 is 1.62 bits per heavy atom. The third-order valence-corrected chi connectivity index (χ3v) is 5.10. The summed E-state index contributed by atoms with van der Waals surface area (Å²) < 4.78 is 2.30. The van der Waals surface area contributed by atoms with Crippen LogP contribution in [0.1, 0.15) is 22.3 Å². The first kappa shape index (κ1) is 16.4. The second-order valence-electron chi connectivity index (χ2n) is 7.00. The highest BCUT2D eigenvalue weighted by Crippen LogP contribution is 2.29. The highest BCUT2D eigenvalue weighted by molar-refractivity contribution is 5.82. The summed E-state index contributed by atoms with van der Waals surface area (Å²) >= 11 is 0. The van der Waals surface area contributed by atoms with Gasteiger partial charge in [-0.1, -0.05) is 36.4 Å². The number of nitrogens with zero attached hydrogens (tertiary/aromatic N) is 2. The summed E-state index contributed by atoms with van der Waals surface area (Å²) in [5.74, 6) is 0.959. The summed E-state index contributed by atoms with van der Waals surface area (Å²) in [5.41, 5.74) is 15.1. The van der Waals surface area contributed by atoms with E-state index in [1.165, 1.54) is 22.3 Å². The van der Waals surface area contributed by atoms with Gasteiger partial charge in [0.1, 0.15) is 5.82 Å². The Balaban J connectivity index is 1.97. The van der Waals surface area contributed by atoms with Gasteiger partial charge in [-0.2, -0.15) is 0 Å². The highest BCUT2D eigenvalue weighted by Gasteiger charge is 2.15. The van der Waals surface area contributed by atoms with Gasteiger partial charge in [0.15, 0.2) is 0 Å². The number of hydrogen-bond acceptors (Lipinski definition) is 2. The quantitative estimate of drug-likeness (QED) is 0.517. The van der Waals surface area contributed by atoms with Gasteiger partial charge in [0.2, 0.25) is 0 Å². The van der Waals surface area contributed by atoms with Crippen molar-refractivity contribution in [3.63, 3.8) is 0 Å². The number of anilines is 1. The summed E-state index contributed by atoms with van der Waals surface area (Å²) in [6.07, 6.45) is 0. The van der Waals surface area contributed by atoms with E-state index in [-0.39, 0.29) is 0 Å². The van der Waals surface area contributed by atoms with E-state index in [1.54, 1.807) is 0 Å². The predicted octanol–water partition coefficient (Wildman–Crippen LogP) is 5.26. The Hall–Kier alpha value is -3.07. The van der Waals surface area contributed by atoms with Gasteiger partial charge in [0.25, 0.3) is 0 Å². The topological polar surface area (TPSA) is 43.8 Å². The number of benzene rings is 3. The van der Waals surface area contributed by atoms with Crippen molar-refractivity contribution in [2.75, 3.05) is 5.73 Å². The van der Waals surface area contributed by atoms with Crippen molar-refractivity contribution in [1.82, 2.24) is 9.55 Å². The number of nitrogen functional groups attached to an aromatic ring is 1. The minimum absolute atomic E-state index is 0.754. The zero-order valence-electron chi connectivity index (χ0n) is 15.5. The molecule has 0 bridgehead atoms. The second-order valence-corrected chi connectivity index (χ2v) is 7.00. The molecule has 130 valence electrons. The Labute approximate surface area is 154 Å². The minimum atomic E-state index is 0.754. The van der Waals surface area contributed by atoms with Gasteiger partial charge >= 0.3 is 0 Å². The molecular weight excluding hydrogens is 318 g/mol. The maximum atomic E-state index is 6.03. The van der Waals surface area contributed by atoms with E-state index in [9.17, 15) is 0 Å². The monoisotopic (exact) mass is 341 g/mol. The molecule has 2 N–H and O–H groups in total. The average molecular weight is 341 g/mol. The lowest BCUT2D eigenvalue weighted by atomic mass is 10.1. The van der Waals surface area contributed by atoms with Crippen LogP contribution in [0.2, 0.25) is 0 Å². The summed E-state index contributed by atoms with van der Waals surface area (Å²) in [7, 11) is 0. The molecule has 0 aliphatic carbocycles. The van der Waals surface area contributed by atoms with Crippen molar-refractivity contribution < 1.29 is 0 Å². The third kappa shape index (κ3) is 2.86. The molecule has 26 heavy (non-hydrogen) atoms. The summed E-state index contributed by atoms with van der Waals surface area (Å²) in [6.45, 7) is 7.23. The lowest BCUT2D eigenvalue weighted by molar-refractivity contribution is 0.828. The zero-order chi connectivity index (χ0) is 18.3. The van der Waals surface area contributed by atoms with E-state index >= 15 is 0 Å². The molecule has 0 aliphatic rings. The van der Waals surface area contributed by atoms with Gasteiger partial charge in [-0.25, -0.2) is 4.98 Å². The molecule has 0 amide bonds. The number of hydrogen-bond donors (Lipinski definition) is 1. The van der Waals surface area contributed by atoms with Gasteiger partial charge in [-0.15, -0.1) is 0 Å². The number of nitrogens with two attached hydrogens (primary N) is 1. The molecule has 1 aromatic heterocycles. The summed E-state index contributed by atoms with van der Waals surface area (Å²) in [4.78, 5) is 4.96. The van der Waals surface area contributed by atoms with Gasteiger partial charge in [-0.3, -0.25) is 0 Å². The van der Waals surface area contributed by atoms with Crippen LogP contribution in [-0.4, -0.2) is 9.55 Å². The molecular formula is C23H23N3. The Morgan fingerprint density at radius 3 is 2.38 bits per heavy atom. The molecule has 4 rings (SSSR count). The molecule has 0 aliphatic heterocycles. The molecule has 0 saturated carbocycles. The van der Waals surface area contributed by atoms with Crippen LogP contribution >= 0.6 is 0 Å². The SMILES string of the molecule is Cc1cc2nc(-c3cccc(N)c3)n(Cc3ccccc3C)c2cc1C. The van der Waals surface area contributed by atoms with E-state index < -0.39 is 0 Å². The molecule has 4 aromatic rings. The fourth-order valence-corrected chi connectivity index (χ4v) is 3.40. The molecule has 0 spiro atoms. The van der Waals surface area contributed by atoms with Gasteiger partial charge < -0.3 is 10.3 Å². The van der Waals surface area contributed by atoms with Crippen LogP contribution in [0.4, 0.5) is 5.69 Å². The van der Waals surface area contributed by atoms with Crippen molar-refractivity contribution in [1.29, 1.82) is 0 Å². The fourth-order valence-electron chi connectivity index (χ4n) is 3.40. The van der Waals surface area contributed by atoms with Crippen molar-refractivity contribution >= 4 is 16.7 Å². The molecule has 0 atom stereocenters. The fraction of sp³-hybridized carbons (Fsp3) is 0.174. The lowest BCUT2D eigenvalue weighted by Gasteiger charge is -2.12. The number of imidazole rings is 1. The summed E-state index contributed by atoms with van der Waals surface area (Å²) in [6, 6.07) is 20.9. The maximum Gasteiger partial charge on any atom is 0.141 e. The van der Waals surface area contributed by atoms with Gasteiger partial charge in [0.05, 0.1) is 11.0 Å². The van der Waals surface area contributed by atoms with Gasteiger partial charge in [0, 0.05) is 17.8 Å².